The highest BCUT2D eigenvalue weighted by Crippen LogP contribution is 2.30. The van der Waals surface area contributed by atoms with Crippen molar-refractivity contribution in [3.63, 3.8) is 0 Å². The summed E-state index contributed by atoms with van der Waals surface area (Å²) >= 11 is 0. The Morgan fingerprint density at radius 3 is 2.05 bits per heavy atom. The predicted octanol–water partition coefficient (Wildman–Crippen LogP) is -1.04. The van der Waals surface area contributed by atoms with Gasteiger partial charge in [-0.3, -0.25) is 28.7 Å². The fourth-order valence-electron chi connectivity index (χ4n) is 4.01. The molecule has 0 aliphatic carbocycles. The highest BCUT2D eigenvalue weighted by molar-refractivity contribution is 7.32. The van der Waals surface area contributed by atoms with E-state index in [0.29, 0.717) is 11.1 Å². The van der Waals surface area contributed by atoms with Gasteiger partial charge >= 0.3 is 19.6 Å². The first-order valence-corrected chi connectivity index (χ1v) is 12.6. The van der Waals surface area contributed by atoms with Gasteiger partial charge in [0.15, 0.2) is 0 Å². The van der Waals surface area contributed by atoms with Crippen molar-refractivity contribution in [3.05, 3.63) is 75.6 Å². The van der Waals surface area contributed by atoms with Crippen molar-refractivity contribution in [1.82, 2.24) is 19.1 Å². The predicted molar refractivity (Wildman–Crippen MR) is 131 cm³/mol. The summed E-state index contributed by atoms with van der Waals surface area (Å²) in [7, 11) is -2.78. The molecule has 39 heavy (non-hydrogen) atoms. The van der Waals surface area contributed by atoms with Gasteiger partial charge in [0.25, 0.3) is 11.1 Å². The van der Waals surface area contributed by atoms with E-state index in [-0.39, 0.29) is 26.1 Å². The molecule has 2 aromatic rings. The number of nitrogens with zero attached hydrogens (tertiary/aromatic N) is 5. The minimum atomic E-state index is -2.78. The van der Waals surface area contributed by atoms with E-state index < -0.39 is 67.6 Å². The van der Waals surface area contributed by atoms with Gasteiger partial charge in [0.05, 0.1) is 24.9 Å². The molecule has 4 rings (SSSR count). The lowest BCUT2D eigenvalue weighted by atomic mass is 10.1. The Morgan fingerprint density at radius 1 is 1.05 bits per heavy atom. The zero-order valence-corrected chi connectivity index (χ0v) is 21.6. The van der Waals surface area contributed by atoms with Crippen molar-refractivity contribution in [3.8, 4) is 0 Å². The number of aromatic amines is 2. The van der Waals surface area contributed by atoms with Gasteiger partial charge in [-0.2, -0.15) is 0 Å². The third-order valence-electron chi connectivity index (χ3n) is 6.05. The number of azide groups is 1. The van der Waals surface area contributed by atoms with Crippen LogP contribution in [0.5, 0.6) is 0 Å². The van der Waals surface area contributed by atoms with Gasteiger partial charge in [-0.05, 0) is 19.4 Å². The summed E-state index contributed by atoms with van der Waals surface area (Å²) < 4.78 is 28.2. The number of hydrogen-bond acceptors (Lipinski definition) is 11. The van der Waals surface area contributed by atoms with Crippen molar-refractivity contribution in [2.24, 2.45) is 5.11 Å². The van der Waals surface area contributed by atoms with Crippen molar-refractivity contribution in [2.45, 2.75) is 63.5 Å². The molecule has 5 N–H and O–H groups in total. The molecule has 2 saturated heterocycles. The molecule has 18 nitrogen and oxygen atoms in total. The Bertz CT molecular complexity index is 1480. The van der Waals surface area contributed by atoms with E-state index in [1.165, 1.54) is 28.5 Å². The molecular weight excluding hydrogens is 545 g/mol. The molecule has 2 aromatic heterocycles. The lowest BCUT2D eigenvalue weighted by Gasteiger charge is -2.14. The van der Waals surface area contributed by atoms with E-state index in [1.54, 1.807) is 6.92 Å². The van der Waals surface area contributed by atoms with E-state index in [0.717, 1.165) is 0 Å². The van der Waals surface area contributed by atoms with Gasteiger partial charge in [-0.15, -0.1) is 9.42 Å². The molecule has 2 aliphatic rings. The SMILES string of the molecule is Cc1cn([C@H]2C[C@H](N=[N+]=[N-])[C@@H](CO)O2)c(=O)[nH]c1=O.Cc1cn([C@H]2C[C@H](O)[C@@H](CO[P+](=O)O)O2)c(=O)[nH]c1=O. The summed E-state index contributed by atoms with van der Waals surface area (Å²) in [6, 6.07) is -0.542. The first-order chi connectivity index (χ1) is 18.4. The summed E-state index contributed by atoms with van der Waals surface area (Å²) in [5, 5.41) is 22.5. The maximum atomic E-state index is 11.7. The van der Waals surface area contributed by atoms with Crippen LogP contribution in [-0.2, 0) is 18.6 Å². The Balaban J connectivity index is 0.000000216. The number of H-pyrrole nitrogens is 2. The van der Waals surface area contributed by atoms with Gasteiger partial charge in [-0.25, -0.2) is 9.59 Å². The second-order valence-electron chi connectivity index (χ2n) is 8.74. The zero-order chi connectivity index (χ0) is 28.9. The number of hydrogen-bond donors (Lipinski definition) is 5. The summed E-state index contributed by atoms with van der Waals surface area (Å²) in [6.07, 6.45) is -0.733. The van der Waals surface area contributed by atoms with Crippen LogP contribution in [0, 0.1) is 13.8 Å². The number of nitrogens with one attached hydrogen (secondary N) is 2. The van der Waals surface area contributed by atoms with Crippen molar-refractivity contribution >= 4 is 8.25 Å². The smallest absolute Gasteiger partial charge is 0.394 e. The molecule has 0 amide bonds. The van der Waals surface area contributed by atoms with E-state index in [2.05, 4.69) is 24.5 Å². The number of aliphatic hydroxyl groups is 2. The Labute approximate surface area is 219 Å². The van der Waals surface area contributed by atoms with E-state index >= 15 is 0 Å². The maximum Gasteiger partial charge on any atom is 0.694 e. The molecule has 7 atom stereocenters. The highest BCUT2D eigenvalue weighted by Gasteiger charge is 2.38. The van der Waals surface area contributed by atoms with E-state index in [4.69, 9.17) is 25.0 Å². The fraction of sp³-hybridized carbons (Fsp3) is 0.600. The summed E-state index contributed by atoms with van der Waals surface area (Å²) in [5.74, 6) is 0. The van der Waals surface area contributed by atoms with Gasteiger partial charge < -0.3 is 19.7 Å². The van der Waals surface area contributed by atoms with E-state index in [1.807, 2.05) is 0 Å². The maximum absolute atomic E-state index is 11.7. The van der Waals surface area contributed by atoms with Crippen LogP contribution in [0.3, 0.4) is 0 Å². The standard InChI is InChI=1S/C10H13N5O4.C10H13N2O7P/c1-5-3-15(10(18)12-9(5)17)8-2-6(13-14-11)7(4-16)19-8;1-5-3-12(10(15)11-9(5)14)8-2-6(13)7(19-8)4-18-20(16)17/h3,6-8,16H,2,4H2,1H3,(H,12,17,18);3,6-8,13H,2,4H2,1H3,(H-,11,14,15,16,17)/p+1/t2*6-,7+,8+/m00/s1. The lowest BCUT2D eigenvalue weighted by Crippen LogP contribution is -2.33. The van der Waals surface area contributed by atoms with Crippen molar-refractivity contribution in [1.29, 1.82) is 0 Å². The van der Waals surface area contributed by atoms with Crippen LogP contribution in [0.25, 0.3) is 10.4 Å². The van der Waals surface area contributed by atoms with Crippen LogP contribution in [0.4, 0.5) is 0 Å². The summed E-state index contributed by atoms with van der Waals surface area (Å²) in [4.78, 5) is 61.5. The van der Waals surface area contributed by atoms with Crippen LogP contribution < -0.4 is 22.5 Å². The average molecular weight is 572 g/mol. The second kappa shape index (κ2) is 13.1. The van der Waals surface area contributed by atoms with Gasteiger partial charge in [0, 0.05) is 45.8 Å². The van der Waals surface area contributed by atoms with Crippen LogP contribution in [-0.4, -0.2) is 71.8 Å². The molecule has 19 heteroatoms. The average Bonchev–Trinajstić information content (AvgIpc) is 3.45. The summed E-state index contributed by atoms with van der Waals surface area (Å²) in [6.45, 7) is 2.53. The summed E-state index contributed by atoms with van der Waals surface area (Å²) in [5.41, 5.74) is 6.96. The molecule has 1 unspecified atom stereocenters. The quantitative estimate of drug-likeness (QED) is 0.116. The number of aliphatic hydroxyl groups excluding tert-OH is 2. The minimum Gasteiger partial charge on any atom is -0.394 e. The number of aromatic nitrogens is 4. The Morgan fingerprint density at radius 2 is 1.56 bits per heavy atom. The first-order valence-electron chi connectivity index (χ1n) is 11.5. The van der Waals surface area contributed by atoms with Crippen LogP contribution in [0.2, 0.25) is 0 Å². The fourth-order valence-corrected chi connectivity index (χ4v) is 4.29. The molecule has 0 aromatic carbocycles. The molecular formula is C20H27N7O11P+. The monoisotopic (exact) mass is 572 g/mol. The number of ether oxygens (including phenoxy) is 2. The normalized spacial score (nSPS) is 26.4. The molecule has 0 spiro atoms. The third kappa shape index (κ3) is 7.35. The van der Waals surface area contributed by atoms with Crippen molar-refractivity contribution in [2.75, 3.05) is 13.2 Å². The second-order valence-corrected chi connectivity index (χ2v) is 9.48. The van der Waals surface area contributed by atoms with E-state index in [9.17, 15) is 28.8 Å². The van der Waals surface area contributed by atoms with Crippen LogP contribution in [0.15, 0.2) is 36.7 Å². The highest BCUT2D eigenvalue weighted by atomic mass is 31.1. The minimum absolute atomic E-state index is 0.113. The molecule has 0 radical (unpaired) electrons. The lowest BCUT2D eigenvalue weighted by molar-refractivity contribution is -0.0413. The van der Waals surface area contributed by atoms with Gasteiger partial charge in [0.2, 0.25) is 0 Å². The molecule has 4 heterocycles. The molecule has 2 aliphatic heterocycles. The number of rotatable bonds is 7. The topological polar surface area (TPSA) is 264 Å². The zero-order valence-electron chi connectivity index (χ0n) is 20.7. The number of aryl methyl sites for hydroxylation is 2. The van der Waals surface area contributed by atoms with Gasteiger partial charge in [-0.1, -0.05) is 5.11 Å². The third-order valence-corrected chi connectivity index (χ3v) is 6.42. The molecule has 2 fully saturated rings. The molecule has 0 bridgehead atoms. The van der Waals surface area contributed by atoms with Crippen LogP contribution in [0.1, 0.15) is 36.4 Å². The molecule has 212 valence electrons. The van der Waals surface area contributed by atoms with Crippen LogP contribution >= 0.6 is 8.25 Å². The van der Waals surface area contributed by atoms with Gasteiger partial charge in [0.1, 0.15) is 25.2 Å². The Hall–Kier alpha value is -3.47. The Kier molecular flexibility index (Phi) is 10.1. The van der Waals surface area contributed by atoms with Crippen molar-refractivity contribution < 1.29 is 33.7 Å². The first kappa shape index (κ1) is 30.1. The molecule has 0 saturated carbocycles. The largest absolute Gasteiger partial charge is 0.694 e.